The summed E-state index contributed by atoms with van der Waals surface area (Å²) >= 11 is 0. The van der Waals surface area contributed by atoms with Crippen molar-refractivity contribution in [2.75, 3.05) is 13.1 Å². The number of likely N-dealkylation sites (tertiary alicyclic amines) is 1. The van der Waals surface area contributed by atoms with E-state index in [2.05, 4.69) is 10.6 Å². The quantitative estimate of drug-likeness (QED) is 0.740. The van der Waals surface area contributed by atoms with E-state index < -0.39 is 0 Å². The number of nitrogens with one attached hydrogen (secondary N) is 2. The zero-order chi connectivity index (χ0) is 21.3. The van der Waals surface area contributed by atoms with Crippen LogP contribution in [0.3, 0.4) is 0 Å². The molecule has 2 aromatic carbocycles. The third-order valence-corrected chi connectivity index (χ3v) is 5.28. The van der Waals surface area contributed by atoms with Gasteiger partial charge < -0.3 is 15.5 Å². The van der Waals surface area contributed by atoms with Crippen molar-refractivity contribution in [1.82, 2.24) is 15.5 Å². The number of piperidine rings is 1. The second-order valence-corrected chi connectivity index (χ2v) is 7.70. The van der Waals surface area contributed by atoms with Crippen LogP contribution in [0.5, 0.6) is 0 Å². The molecular weight excluding hydrogens is 378 g/mol. The van der Waals surface area contributed by atoms with Crippen LogP contribution in [0, 0.1) is 0 Å². The van der Waals surface area contributed by atoms with Gasteiger partial charge in [-0.15, -0.1) is 0 Å². The maximum absolute atomic E-state index is 12.7. The molecule has 3 rings (SSSR count). The topological polar surface area (TPSA) is 78.5 Å². The molecular formula is C24H29N3O3. The second kappa shape index (κ2) is 10.6. The predicted octanol–water partition coefficient (Wildman–Crippen LogP) is 3.20. The average molecular weight is 408 g/mol. The number of hydrogen-bond acceptors (Lipinski definition) is 3. The van der Waals surface area contributed by atoms with Crippen LogP contribution in [0.25, 0.3) is 0 Å². The van der Waals surface area contributed by atoms with E-state index in [1.165, 1.54) is 13.3 Å². The Morgan fingerprint density at radius 2 is 1.70 bits per heavy atom. The standard InChI is InChI=1S/C24H29N3O3/c1-18(28)26-22(20-10-4-2-5-11-20)16-23(29)25-17-19-9-8-12-21(15-19)24(30)27-13-6-3-7-14-27/h2,4-5,8-12,15,22H,3,6-7,13-14,16-17H2,1H3,(H,25,29)(H,26,28). The summed E-state index contributed by atoms with van der Waals surface area (Å²) in [5.74, 6) is -0.288. The predicted molar refractivity (Wildman–Crippen MR) is 116 cm³/mol. The highest BCUT2D eigenvalue weighted by Crippen LogP contribution is 2.17. The molecule has 1 atom stereocenters. The average Bonchev–Trinajstić information content (AvgIpc) is 2.78. The molecule has 2 N–H and O–H groups in total. The van der Waals surface area contributed by atoms with Gasteiger partial charge in [0.05, 0.1) is 12.5 Å². The molecule has 2 aromatic rings. The van der Waals surface area contributed by atoms with Crippen LogP contribution in [-0.2, 0) is 16.1 Å². The molecule has 1 unspecified atom stereocenters. The van der Waals surface area contributed by atoms with Crippen molar-refractivity contribution in [2.24, 2.45) is 0 Å². The minimum absolute atomic E-state index is 0.0534. The van der Waals surface area contributed by atoms with Crippen LogP contribution in [0.2, 0.25) is 0 Å². The molecule has 158 valence electrons. The highest BCUT2D eigenvalue weighted by atomic mass is 16.2. The number of carbonyl (C=O) groups is 3. The fourth-order valence-electron chi connectivity index (χ4n) is 3.74. The SMILES string of the molecule is CC(=O)NC(CC(=O)NCc1cccc(C(=O)N2CCCCC2)c1)c1ccccc1. The van der Waals surface area contributed by atoms with Crippen molar-refractivity contribution in [3.63, 3.8) is 0 Å². The van der Waals surface area contributed by atoms with Crippen LogP contribution in [0.1, 0.15) is 60.1 Å². The van der Waals surface area contributed by atoms with Crippen molar-refractivity contribution in [3.8, 4) is 0 Å². The molecule has 1 saturated heterocycles. The van der Waals surface area contributed by atoms with Crippen LogP contribution < -0.4 is 10.6 Å². The van der Waals surface area contributed by atoms with Gasteiger partial charge in [0, 0.05) is 32.1 Å². The first kappa shape index (κ1) is 21.6. The molecule has 0 radical (unpaired) electrons. The molecule has 6 nitrogen and oxygen atoms in total. The molecule has 6 heteroatoms. The number of hydrogen-bond donors (Lipinski definition) is 2. The van der Waals surface area contributed by atoms with E-state index in [1.54, 1.807) is 0 Å². The Morgan fingerprint density at radius 3 is 2.40 bits per heavy atom. The Kier molecular flexibility index (Phi) is 7.60. The lowest BCUT2D eigenvalue weighted by molar-refractivity contribution is -0.122. The first-order valence-electron chi connectivity index (χ1n) is 10.5. The molecule has 0 bridgehead atoms. The highest BCUT2D eigenvalue weighted by molar-refractivity contribution is 5.94. The van der Waals surface area contributed by atoms with Crippen molar-refractivity contribution in [2.45, 2.75) is 45.2 Å². The smallest absolute Gasteiger partial charge is 0.253 e. The molecule has 0 aromatic heterocycles. The molecule has 1 aliphatic rings. The van der Waals surface area contributed by atoms with Gasteiger partial charge in [0.2, 0.25) is 11.8 Å². The van der Waals surface area contributed by atoms with Gasteiger partial charge in [0.15, 0.2) is 0 Å². The van der Waals surface area contributed by atoms with E-state index >= 15 is 0 Å². The van der Waals surface area contributed by atoms with Crippen molar-refractivity contribution in [3.05, 3.63) is 71.3 Å². The molecule has 3 amide bonds. The molecule has 1 aliphatic heterocycles. The van der Waals surface area contributed by atoms with Crippen molar-refractivity contribution in [1.29, 1.82) is 0 Å². The van der Waals surface area contributed by atoms with Gasteiger partial charge in [0.25, 0.3) is 5.91 Å². The minimum atomic E-state index is -0.379. The Hall–Kier alpha value is -3.15. The van der Waals surface area contributed by atoms with Gasteiger partial charge in [-0.2, -0.15) is 0 Å². The van der Waals surface area contributed by atoms with E-state index in [0.29, 0.717) is 12.1 Å². The molecule has 1 fully saturated rings. The maximum Gasteiger partial charge on any atom is 0.253 e. The van der Waals surface area contributed by atoms with Crippen molar-refractivity contribution < 1.29 is 14.4 Å². The summed E-state index contributed by atoms with van der Waals surface area (Å²) in [5.41, 5.74) is 2.42. The van der Waals surface area contributed by atoms with E-state index in [0.717, 1.165) is 37.1 Å². The molecule has 0 aliphatic carbocycles. The molecule has 0 spiro atoms. The fourth-order valence-corrected chi connectivity index (χ4v) is 3.74. The first-order valence-corrected chi connectivity index (χ1v) is 10.5. The Morgan fingerprint density at radius 1 is 0.967 bits per heavy atom. The summed E-state index contributed by atoms with van der Waals surface area (Å²) in [5, 5.41) is 5.74. The maximum atomic E-state index is 12.7. The van der Waals surface area contributed by atoms with Gasteiger partial charge in [0.1, 0.15) is 0 Å². The van der Waals surface area contributed by atoms with Crippen LogP contribution >= 0.6 is 0 Å². The molecule has 1 heterocycles. The van der Waals surface area contributed by atoms with E-state index in [-0.39, 0.29) is 30.2 Å². The lowest BCUT2D eigenvalue weighted by Crippen LogP contribution is -2.35. The van der Waals surface area contributed by atoms with E-state index in [1.807, 2.05) is 59.5 Å². The third-order valence-electron chi connectivity index (χ3n) is 5.28. The monoisotopic (exact) mass is 407 g/mol. The van der Waals surface area contributed by atoms with Gasteiger partial charge in [-0.1, -0.05) is 42.5 Å². The second-order valence-electron chi connectivity index (χ2n) is 7.70. The summed E-state index contributed by atoms with van der Waals surface area (Å²) in [4.78, 5) is 38.6. The van der Waals surface area contributed by atoms with Crippen LogP contribution in [0.4, 0.5) is 0 Å². The zero-order valence-corrected chi connectivity index (χ0v) is 17.4. The summed E-state index contributed by atoms with van der Waals surface area (Å²) < 4.78 is 0. The lowest BCUT2D eigenvalue weighted by atomic mass is 10.0. The summed E-state index contributed by atoms with van der Waals surface area (Å²) in [7, 11) is 0. The largest absolute Gasteiger partial charge is 0.352 e. The fraction of sp³-hybridized carbons (Fsp3) is 0.375. The normalized spacial score (nSPS) is 14.6. The Labute approximate surface area is 177 Å². The van der Waals surface area contributed by atoms with Crippen LogP contribution in [0.15, 0.2) is 54.6 Å². The summed E-state index contributed by atoms with van der Waals surface area (Å²) in [6.45, 7) is 3.40. The van der Waals surface area contributed by atoms with E-state index in [4.69, 9.17) is 0 Å². The summed E-state index contributed by atoms with van der Waals surface area (Å²) in [6.07, 6.45) is 3.44. The number of rotatable bonds is 7. The van der Waals surface area contributed by atoms with E-state index in [9.17, 15) is 14.4 Å². The minimum Gasteiger partial charge on any atom is -0.352 e. The van der Waals surface area contributed by atoms with Gasteiger partial charge in [-0.05, 0) is 42.5 Å². The number of carbonyl (C=O) groups excluding carboxylic acids is 3. The Bertz CT molecular complexity index is 876. The van der Waals surface area contributed by atoms with Gasteiger partial charge in [-0.3, -0.25) is 14.4 Å². The van der Waals surface area contributed by atoms with Crippen LogP contribution in [-0.4, -0.2) is 35.7 Å². The highest BCUT2D eigenvalue weighted by Gasteiger charge is 2.19. The third kappa shape index (κ3) is 6.17. The molecule has 30 heavy (non-hydrogen) atoms. The number of amides is 3. The van der Waals surface area contributed by atoms with Gasteiger partial charge >= 0.3 is 0 Å². The lowest BCUT2D eigenvalue weighted by Gasteiger charge is -2.26. The number of nitrogens with zero attached hydrogens (tertiary/aromatic N) is 1. The zero-order valence-electron chi connectivity index (χ0n) is 17.4. The first-order chi connectivity index (χ1) is 14.5. The Balaban J connectivity index is 1.58. The van der Waals surface area contributed by atoms with Gasteiger partial charge in [-0.25, -0.2) is 0 Å². The molecule has 0 saturated carbocycles. The van der Waals surface area contributed by atoms with Crippen molar-refractivity contribution >= 4 is 17.7 Å². The summed E-state index contributed by atoms with van der Waals surface area (Å²) in [6, 6.07) is 16.5. The number of benzene rings is 2.